The van der Waals surface area contributed by atoms with Gasteiger partial charge < -0.3 is 10.6 Å². The van der Waals surface area contributed by atoms with Crippen LogP contribution >= 0.6 is 0 Å². The Morgan fingerprint density at radius 1 is 1.75 bits per heavy atom. The highest BCUT2D eigenvalue weighted by atomic mass is 16.2. The molecule has 1 atom stereocenters. The highest BCUT2D eigenvalue weighted by Crippen LogP contribution is 1.92. The van der Waals surface area contributed by atoms with Crippen molar-refractivity contribution in [2.45, 2.75) is 19.4 Å². The second-order valence-corrected chi connectivity index (χ2v) is 2.09. The lowest BCUT2D eigenvalue weighted by molar-refractivity contribution is 0.230. The molecule has 1 rings (SSSR count). The van der Waals surface area contributed by atoms with E-state index in [0.717, 1.165) is 13.0 Å². The average Bonchev–Trinajstić information content (AvgIpc) is 1.64. The van der Waals surface area contributed by atoms with Crippen LogP contribution in [0.15, 0.2) is 0 Å². The van der Waals surface area contributed by atoms with Crippen molar-refractivity contribution in [3.05, 3.63) is 0 Å². The Hall–Kier alpha value is -0.730. The maximum absolute atomic E-state index is 10.5. The molecule has 1 aliphatic rings. The Bertz CT molecular complexity index is 103. The van der Waals surface area contributed by atoms with Crippen LogP contribution in [-0.2, 0) is 0 Å². The summed E-state index contributed by atoms with van der Waals surface area (Å²) in [7, 11) is 0. The van der Waals surface area contributed by atoms with Crippen LogP contribution in [0.25, 0.3) is 0 Å². The minimum absolute atomic E-state index is 0.0382. The van der Waals surface area contributed by atoms with Gasteiger partial charge in [0.1, 0.15) is 0 Å². The van der Waals surface area contributed by atoms with E-state index in [0.29, 0.717) is 6.04 Å². The Morgan fingerprint density at radius 3 is 2.88 bits per heavy atom. The van der Waals surface area contributed by atoms with Crippen LogP contribution in [0, 0.1) is 0 Å². The molecular weight excluding hydrogens is 104 g/mol. The van der Waals surface area contributed by atoms with Crippen molar-refractivity contribution in [3.63, 3.8) is 0 Å². The van der Waals surface area contributed by atoms with Crippen LogP contribution in [0.4, 0.5) is 4.79 Å². The van der Waals surface area contributed by atoms with Crippen LogP contribution in [0.2, 0.25) is 0 Å². The zero-order valence-electron chi connectivity index (χ0n) is 4.90. The third-order valence-corrected chi connectivity index (χ3v) is 1.24. The number of amides is 2. The van der Waals surface area contributed by atoms with E-state index in [9.17, 15) is 4.79 Å². The first-order chi connectivity index (χ1) is 3.79. The van der Waals surface area contributed by atoms with Gasteiger partial charge in [-0.15, -0.1) is 0 Å². The number of rotatable bonds is 0. The first-order valence-corrected chi connectivity index (χ1v) is 2.83. The van der Waals surface area contributed by atoms with Crippen molar-refractivity contribution < 1.29 is 4.79 Å². The summed E-state index contributed by atoms with van der Waals surface area (Å²) >= 11 is 0. The summed E-state index contributed by atoms with van der Waals surface area (Å²) in [4.78, 5) is 10.5. The normalized spacial score (nSPS) is 28.6. The van der Waals surface area contributed by atoms with Gasteiger partial charge in [0.15, 0.2) is 0 Å². The molecule has 1 saturated heterocycles. The number of carbonyl (C=O) groups excluding carboxylic acids is 1. The molecule has 0 aromatic rings. The fraction of sp³-hybridized carbons (Fsp3) is 0.800. The SMILES string of the molecule is CC1CCNC(=O)N1. The zero-order valence-corrected chi connectivity index (χ0v) is 4.90. The molecule has 0 aromatic heterocycles. The van der Waals surface area contributed by atoms with Crippen molar-refractivity contribution in [2.24, 2.45) is 0 Å². The topological polar surface area (TPSA) is 41.1 Å². The molecule has 1 unspecified atom stereocenters. The Morgan fingerprint density at radius 2 is 2.50 bits per heavy atom. The summed E-state index contributed by atoms with van der Waals surface area (Å²) in [6.07, 6.45) is 1.03. The third-order valence-electron chi connectivity index (χ3n) is 1.24. The minimum Gasteiger partial charge on any atom is -0.338 e. The molecule has 0 radical (unpaired) electrons. The standard InChI is InChI=1S/C5H10N2O/c1-4-2-3-6-5(8)7-4/h4H,2-3H2,1H3,(H2,6,7,8). The Labute approximate surface area is 48.5 Å². The molecule has 8 heavy (non-hydrogen) atoms. The number of urea groups is 1. The van der Waals surface area contributed by atoms with E-state index in [1.165, 1.54) is 0 Å². The van der Waals surface area contributed by atoms with E-state index in [-0.39, 0.29) is 6.03 Å². The predicted octanol–water partition coefficient (Wildman–Crippen LogP) is 0.0778. The van der Waals surface area contributed by atoms with Gasteiger partial charge >= 0.3 is 6.03 Å². The zero-order chi connectivity index (χ0) is 5.98. The molecule has 46 valence electrons. The summed E-state index contributed by atoms with van der Waals surface area (Å²) in [5, 5.41) is 5.39. The first-order valence-electron chi connectivity index (χ1n) is 2.83. The second-order valence-electron chi connectivity index (χ2n) is 2.09. The molecule has 2 N–H and O–H groups in total. The lowest BCUT2D eigenvalue weighted by atomic mass is 10.2. The van der Waals surface area contributed by atoms with Gasteiger partial charge in [-0.25, -0.2) is 4.79 Å². The van der Waals surface area contributed by atoms with Gasteiger partial charge in [-0.2, -0.15) is 0 Å². The molecule has 1 fully saturated rings. The summed E-state index contributed by atoms with van der Waals surface area (Å²) in [6, 6.07) is 0.312. The molecule has 1 aliphatic heterocycles. The van der Waals surface area contributed by atoms with E-state index < -0.39 is 0 Å². The van der Waals surface area contributed by atoms with Gasteiger partial charge in [0.05, 0.1) is 0 Å². The van der Waals surface area contributed by atoms with Crippen LogP contribution in [0.5, 0.6) is 0 Å². The molecular formula is C5H10N2O. The largest absolute Gasteiger partial charge is 0.338 e. The second kappa shape index (κ2) is 2.03. The molecule has 0 aromatic carbocycles. The molecule has 2 amide bonds. The van der Waals surface area contributed by atoms with Gasteiger partial charge in [0.25, 0.3) is 0 Å². The van der Waals surface area contributed by atoms with Gasteiger partial charge in [-0.1, -0.05) is 0 Å². The fourth-order valence-electron chi connectivity index (χ4n) is 0.749. The minimum atomic E-state index is -0.0382. The van der Waals surface area contributed by atoms with Gasteiger partial charge in [-0.3, -0.25) is 0 Å². The highest BCUT2D eigenvalue weighted by molar-refractivity contribution is 5.74. The van der Waals surface area contributed by atoms with E-state index >= 15 is 0 Å². The number of hydrogen-bond acceptors (Lipinski definition) is 1. The Balaban J connectivity index is 2.34. The number of nitrogens with one attached hydrogen (secondary N) is 2. The fourth-order valence-corrected chi connectivity index (χ4v) is 0.749. The van der Waals surface area contributed by atoms with Crippen molar-refractivity contribution in [2.75, 3.05) is 6.54 Å². The lowest BCUT2D eigenvalue weighted by Gasteiger charge is -2.19. The van der Waals surface area contributed by atoms with Crippen molar-refractivity contribution in [3.8, 4) is 0 Å². The van der Waals surface area contributed by atoms with Crippen LogP contribution in [-0.4, -0.2) is 18.6 Å². The third kappa shape index (κ3) is 1.12. The molecule has 1 heterocycles. The van der Waals surface area contributed by atoms with Gasteiger partial charge in [0.2, 0.25) is 0 Å². The highest BCUT2D eigenvalue weighted by Gasteiger charge is 2.10. The van der Waals surface area contributed by atoms with E-state index in [2.05, 4.69) is 10.6 Å². The summed E-state index contributed by atoms with van der Waals surface area (Å²) in [5.74, 6) is 0. The predicted molar refractivity (Wildman–Crippen MR) is 30.6 cm³/mol. The van der Waals surface area contributed by atoms with Crippen molar-refractivity contribution in [1.82, 2.24) is 10.6 Å². The maximum Gasteiger partial charge on any atom is 0.314 e. The van der Waals surface area contributed by atoms with Crippen molar-refractivity contribution >= 4 is 6.03 Å². The van der Waals surface area contributed by atoms with E-state index in [1.54, 1.807) is 0 Å². The van der Waals surface area contributed by atoms with E-state index in [1.807, 2.05) is 6.92 Å². The maximum atomic E-state index is 10.5. The van der Waals surface area contributed by atoms with E-state index in [4.69, 9.17) is 0 Å². The number of hydrogen-bond donors (Lipinski definition) is 2. The molecule has 0 saturated carbocycles. The summed E-state index contributed by atoms with van der Waals surface area (Å²) in [6.45, 7) is 2.81. The lowest BCUT2D eigenvalue weighted by Crippen LogP contribution is -2.47. The number of carbonyl (C=O) groups is 1. The van der Waals surface area contributed by atoms with Gasteiger partial charge in [-0.05, 0) is 13.3 Å². The summed E-state index contributed by atoms with van der Waals surface area (Å²) in [5.41, 5.74) is 0. The molecule has 0 bridgehead atoms. The first kappa shape index (κ1) is 5.41. The quantitative estimate of drug-likeness (QED) is 0.460. The molecule has 0 spiro atoms. The van der Waals surface area contributed by atoms with Crippen LogP contribution < -0.4 is 10.6 Å². The average molecular weight is 114 g/mol. The molecule has 3 nitrogen and oxygen atoms in total. The smallest absolute Gasteiger partial charge is 0.314 e. The Kier molecular flexibility index (Phi) is 1.37. The summed E-state index contributed by atoms with van der Waals surface area (Å²) < 4.78 is 0. The monoisotopic (exact) mass is 114 g/mol. The van der Waals surface area contributed by atoms with Crippen LogP contribution in [0.3, 0.4) is 0 Å². The van der Waals surface area contributed by atoms with Crippen molar-refractivity contribution in [1.29, 1.82) is 0 Å². The molecule has 3 heteroatoms. The van der Waals surface area contributed by atoms with Gasteiger partial charge in [0, 0.05) is 12.6 Å². The van der Waals surface area contributed by atoms with Crippen LogP contribution in [0.1, 0.15) is 13.3 Å². The molecule has 0 aliphatic carbocycles.